The molecule has 0 aromatic heterocycles. The van der Waals surface area contributed by atoms with Crippen molar-refractivity contribution in [1.82, 2.24) is 4.90 Å². The number of ether oxygens (including phenoxy) is 1. The van der Waals surface area contributed by atoms with E-state index < -0.39 is 0 Å². The molecule has 1 heterocycles. The van der Waals surface area contributed by atoms with E-state index in [0.717, 1.165) is 25.4 Å². The van der Waals surface area contributed by atoms with Gasteiger partial charge in [0, 0.05) is 31.4 Å². The molecule has 1 N–H and O–H groups in total. The second-order valence-electron chi connectivity index (χ2n) is 8.54. The number of aryl methyl sites for hydroxylation is 1. The topological polar surface area (TPSA) is 59.7 Å². The van der Waals surface area contributed by atoms with Crippen LogP contribution in [-0.4, -0.2) is 42.9 Å². The summed E-state index contributed by atoms with van der Waals surface area (Å²) in [6.07, 6.45) is 0. The molecule has 0 spiro atoms. The van der Waals surface area contributed by atoms with Crippen molar-refractivity contribution in [1.29, 1.82) is 5.26 Å². The molecular formula is C28H31N3O2. The Bertz CT molecular complexity index is 1090. The van der Waals surface area contributed by atoms with E-state index in [1.807, 2.05) is 18.2 Å². The predicted molar refractivity (Wildman–Crippen MR) is 131 cm³/mol. The van der Waals surface area contributed by atoms with E-state index in [2.05, 4.69) is 84.3 Å². The highest BCUT2D eigenvalue weighted by Gasteiger charge is 2.31. The summed E-state index contributed by atoms with van der Waals surface area (Å²) in [4.78, 5) is 5.03. The smallest absolute Gasteiger partial charge is 0.119 e. The third-order valence-electron chi connectivity index (χ3n) is 6.50. The molecule has 0 radical (unpaired) electrons. The van der Waals surface area contributed by atoms with Gasteiger partial charge in [0.25, 0.3) is 0 Å². The van der Waals surface area contributed by atoms with Crippen molar-refractivity contribution in [2.75, 3.05) is 37.7 Å². The minimum absolute atomic E-state index is 0.0102. The molecule has 0 unspecified atom stereocenters. The summed E-state index contributed by atoms with van der Waals surface area (Å²) in [5.41, 5.74) is 5.61. The van der Waals surface area contributed by atoms with Crippen LogP contribution in [0.3, 0.4) is 0 Å². The standard InChI is InChI=1S/C28H31N3O2/c1-21-18-26(33-17-16-32)12-13-27(21)31-15-14-30(20-28(31)25-6-4-3-5-7-25)22(2)24-10-8-23(19-29)9-11-24/h3-13,18,22,28,32H,14-17,20H2,1-2H3/t22-,28+/m1/s1. The average Bonchev–Trinajstić information content (AvgIpc) is 2.87. The zero-order valence-electron chi connectivity index (χ0n) is 19.3. The van der Waals surface area contributed by atoms with Crippen LogP contribution in [0.5, 0.6) is 5.75 Å². The van der Waals surface area contributed by atoms with Crippen molar-refractivity contribution < 1.29 is 9.84 Å². The Morgan fingerprint density at radius 2 is 1.82 bits per heavy atom. The molecule has 5 nitrogen and oxygen atoms in total. The summed E-state index contributed by atoms with van der Waals surface area (Å²) in [7, 11) is 0. The van der Waals surface area contributed by atoms with Crippen LogP contribution in [0.1, 0.15) is 41.3 Å². The maximum atomic E-state index is 9.11. The first kappa shape index (κ1) is 22.8. The third kappa shape index (κ3) is 5.19. The Balaban J connectivity index is 1.60. The van der Waals surface area contributed by atoms with E-state index in [4.69, 9.17) is 15.1 Å². The number of rotatable bonds is 7. The molecule has 1 saturated heterocycles. The van der Waals surface area contributed by atoms with Crippen LogP contribution in [-0.2, 0) is 0 Å². The molecule has 0 bridgehead atoms. The van der Waals surface area contributed by atoms with Gasteiger partial charge in [-0.3, -0.25) is 4.90 Å². The highest BCUT2D eigenvalue weighted by molar-refractivity contribution is 5.58. The van der Waals surface area contributed by atoms with Crippen molar-refractivity contribution in [2.45, 2.75) is 25.9 Å². The van der Waals surface area contributed by atoms with Crippen LogP contribution in [0.15, 0.2) is 72.8 Å². The van der Waals surface area contributed by atoms with Gasteiger partial charge in [0.1, 0.15) is 12.4 Å². The van der Waals surface area contributed by atoms with Gasteiger partial charge in [0.15, 0.2) is 0 Å². The number of aliphatic hydroxyl groups excluding tert-OH is 1. The van der Waals surface area contributed by atoms with Gasteiger partial charge in [-0.05, 0) is 60.9 Å². The molecule has 5 heteroatoms. The summed E-state index contributed by atoms with van der Waals surface area (Å²) < 4.78 is 5.61. The van der Waals surface area contributed by atoms with Gasteiger partial charge in [-0.2, -0.15) is 5.26 Å². The monoisotopic (exact) mass is 441 g/mol. The summed E-state index contributed by atoms with van der Waals surface area (Å²) in [5, 5.41) is 18.2. The lowest BCUT2D eigenvalue weighted by atomic mass is 9.97. The summed E-state index contributed by atoms with van der Waals surface area (Å²) >= 11 is 0. The SMILES string of the molecule is Cc1cc(OCCO)ccc1N1CCN([C@H](C)c2ccc(C#N)cc2)C[C@H]1c1ccccc1. The Hall–Kier alpha value is -3.33. The van der Waals surface area contributed by atoms with Crippen molar-refractivity contribution >= 4 is 5.69 Å². The average molecular weight is 442 g/mol. The van der Waals surface area contributed by atoms with Gasteiger partial charge in [0.2, 0.25) is 0 Å². The van der Waals surface area contributed by atoms with Crippen LogP contribution in [0.2, 0.25) is 0 Å². The van der Waals surface area contributed by atoms with E-state index >= 15 is 0 Å². The number of nitriles is 1. The van der Waals surface area contributed by atoms with Crippen molar-refractivity contribution in [2.24, 2.45) is 0 Å². The maximum absolute atomic E-state index is 9.11. The third-order valence-corrected chi connectivity index (χ3v) is 6.50. The fraction of sp³-hybridized carbons (Fsp3) is 0.321. The first-order valence-corrected chi connectivity index (χ1v) is 11.5. The number of aliphatic hydroxyl groups is 1. The molecular weight excluding hydrogens is 410 g/mol. The predicted octanol–water partition coefficient (Wildman–Crippen LogP) is 4.86. The van der Waals surface area contributed by atoms with Crippen LogP contribution in [0.25, 0.3) is 0 Å². The molecule has 0 amide bonds. The zero-order valence-corrected chi connectivity index (χ0v) is 19.3. The highest BCUT2D eigenvalue weighted by Crippen LogP contribution is 2.36. The minimum Gasteiger partial charge on any atom is -0.491 e. The fourth-order valence-electron chi connectivity index (χ4n) is 4.66. The maximum Gasteiger partial charge on any atom is 0.119 e. The molecule has 1 aliphatic heterocycles. The quantitative estimate of drug-likeness (QED) is 0.567. The van der Waals surface area contributed by atoms with E-state index in [-0.39, 0.29) is 18.7 Å². The molecule has 2 atom stereocenters. The lowest BCUT2D eigenvalue weighted by molar-refractivity contribution is 0.171. The number of piperazine rings is 1. The van der Waals surface area contributed by atoms with Gasteiger partial charge in [-0.15, -0.1) is 0 Å². The van der Waals surface area contributed by atoms with E-state index in [1.165, 1.54) is 22.4 Å². The molecule has 3 aromatic carbocycles. The van der Waals surface area contributed by atoms with Gasteiger partial charge in [0.05, 0.1) is 24.3 Å². The van der Waals surface area contributed by atoms with E-state index in [1.54, 1.807) is 0 Å². The molecule has 0 saturated carbocycles. The number of nitrogens with zero attached hydrogens (tertiary/aromatic N) is 3. The zero-order chi connectivity index (χ0) is 23.2. The first-order valence-electron chi connectivity index (χ1n) is 11.5. The Morgan fingerprint density at radius 1 is 1.06 bits per heavy atom. The molecule has 1 fully saturated rings. The highest BCUT2D eigenvalue weighted by atomic mass is 16.5. The van der Waals surface area contributed by atoms with Crippen molar-refractivity contribution in [3.63, 3.8) is 0 Å². The normalized spacial score (nSPS) is 17.4. The van der Waals surface area contributed by atoms with Crippen molar-refractivity contribution in [3.05, 3.63) is 95.1 Å². The Kier molecular flexibility index (Phi) is 7.29. The van der Waals surface area contributed by atoms with Crippen LogP contribution in [0, 0.1) is 18.3 Å². The van der Waals surface area contributed by atoms with Crippen molar-refractivity contribution in [3.8, 4) is 11.8 Å². The van der Waals surface area contributed by atoms with Gasteiger partial charge >= 0.3 is 0 Å². The molecule has 33 heavy (non-hydrogen) atoms. The lowest BCUT2D eigenvalue weighted by Crippen LogP contribution is -2.49. The fourth-order valence-corrected chi connectivity index (χ4v) is 4.66. The largest absolute Gasteiger partial charge is 0.491 e. The minimum atomic E-state index is 0.0102. The lowest BCUT2D eigenvalue weighted by Gasteiger charge is -2.45. The molecule has 0 aliphatic carbocycles. The van der Waals surface area contributed by atoms with Gasteiger partial charge in [-0.25, -0.2) is 0 Å². The van der Waals surface area contributed by atoms with Crippen LogP contribution >= 0.6 is 0 Å². The van der Waals surface area contributed by atoms with Gasteiger partial charge < -0.3 is 14.7 Å². The van der Waals surface area contributed by atoms with E-state index in [9.17, 15) is 0 Å². The van der Waals surface area contributed by atoms with Gasteiger partial charge in [-0.1, -0.05) is 42.5 Å². The number of hydrogen-bond donors (Lipinski definition) is 1. The number of benzene rings is 3. The van der Waals surface area contributed by atoms with Crippen LogP contribution in [0.4, 0.5) is 5.69 Å². The molecule has 1 aliphatic rings. The second kappa shape index (κ2) is 10.5. The molecule has 170 valence electrons. The number of hydrogen-bond acceptors (Lipinski definition) is 5. The van der Waals surface area contributed by atoms with E-state index in [0.29, 0.717) is 12.2 Å². The first-order chi connectivity index (χ1) is 16.1. The Morgan fingerprint density at radius 3 is 2.48 bits per heavy atom. The second-order valence-corrected chi connectivity index (χ2v) is 8.54. The summed E-state index contributed by atoms with van der Waals surface area (Å²) in [6, 6.07) is 27.5. The summed E-state index contributed by atoms with van der Waals surface area (Å²) in [5.74, 6) is 0.787. The summed E-state index contributed by atoms with van der Waals surface area (Å²) in [6.45, 7) is 7.46. The van der Waals surface area contributed by atoms with Crippen LogP contribution < -0.4 is 9.64 Å². The molecule has 3 aromatic rings. The Labute approximate surface area is 196 Å². The number of anilines is 1. The molecule has 4 rings (SSSR count).